The molecule has 2 aromatic rings. The first-order chi connectivity index (χ1) is 19.8. The number of nitrogens with zero attached hydrogens (tertiary/aromatic N) is 1. The van der Waals surface area contributed by atoms with Crippen molar-refractivity contribution in [3.63, 3.8) is 0 Å². The lowest BCUT2D eigenvalue weighted by Crippen LogP contribution is -2.54. The third kappa shape index (κ3) is 4.93. The number of rotatable bonds is 4. The number of benzene rings is 2. The van der Waals surface area contributed by atoms with E-state index in [-0.39, 0.29) is 71.2 Å². The van der Waals surface area contributed by atoms with Gasteiger partial charge in [0.1, 0.15) is 4.75 Å². The Morgan fingerprint density at radius 2 is 1.60 bits per heavy atom. The highest BCUT2D eigenvalue weighted by Gasteiger charge is 2.74. The molecule has 2 aliphatic heterocycles. The third-order valence-corrected chi connectivity index (χ3v) is 13.4. The molecular formula is C27H26ClF7N2O4S2. The van der Waals surface area contributed by atoms with E-state index in [1.165, 1.54) is 29.2 Å². The van der Waals surface area contributed by atoms with E-state index < -0.39 is 65.8 Å². The summed E-state index contributed by atoms with van der Waals surface area (Å²) in [6.07, 6.45) is -13.0. The van der Waals surface area contributed by atoms with Gasteiger partial charge in [-0.3, -0.25) is 9.57 Å². The Hall–Kier alpha value is -2.39. The molecule has 16 heteroatoms. The summed E-state index contributed by atoms with van der Waals surface area (Å²) in [4.78, 5) is 14.8. The van der Waals surface area contributed by atoms with Gasteiger partial charge in [0.15, 0.2) is 9.84 Å². The third-order valence-electron chi connectivity index (χ3n) is 8.88. The average molecular weight is 675 g/mol. The molecule has 6 nitrogen and oxygen atoms in total. The quantitative estimate of drug-likeness (QED) is 0.385. The highest BCUT2D eigenvalue weighted by molar-refractivity contribution is 7.92. The largest absolute Gasteiger partial charge is 0.435 e. The Bertz CT molecular complexity index is 1650. The van der Waals surface area contributed by atoms with Gasteiger partial charge in [-0.05, 0) is 61.4 Å². The van der Waals surface area contributed by atoms with Gasteiger partial charge >= 0.3 is 18.0 Å². The Balaban J connectivity index is 1.66. The highest BCUT2D eigenvalue weighted by atomic mass is 35.5. The number of carbonyl (C=O) groups is 1. The molecule has 1 N–H and O–H groups in total. The zero-order chi connectivity index (χ0) is 31.8. The number of carbonyl (C=O) groups excluding carboxylic acids is 1. The molecule has 43 heavy (non-hydrogen) atoms. The number of aryl methyl sites for hydroxylation is 1. The summed E-state index contributed by atoms with van der Waals surface area (Å²) in [5, 5.41) is 0.0603. The summed E-state index contributed by atoms with van der Waals surface area (Å²) >= 11 is 6.07. The van der Waals surface area contributed by atoms with Crippen LogP contribution >= 0.6 is 11.6 Å². The van der Waals surface area contributed by atoms with Gasteiger partial charge < -0.3 is 4.90 Å². The molecule has 2 heterocycles. The monoisotopic (exact) mass is 674 g/mol. The van der Waals surface area contributed by atoms with Crippen LogP contribution in [0.1, 0.15) is 42.4 Å². The first kappa shape index (κ1) is 32.0. The zero-order valence-electron chi connectivity index (χ0n) is 22.3. The van der Waals surface area contributed by atoms with Crippen LogP contribution in [0.4, 0.5) is 30.7 Å². The average Bonchev–Trinajstić information content (AvgIpc) is 3.32. The molecule has 2 atom stereocenters. The van der Waals surface area contributed by atoms with Gasteiger partial charge in [-0.15, -0.1) is 0 Å². The molecule has 2 unspecified atom stereocenters. The minimum absolute atomic E-state index is 0.00285. The Morgan fingerprint density at radius 1 is 0.977 bits per heavy atom. The maximum atomic E-state index is 15.0. The van der Waals surface area contributed by atoms with E-state index in [0.29, 0.717) is 12.1 Å². The number of amides is 1. The van der Waals surface area contributed by atoms with Crippen molar-refractivity contribution in [2.75, 3.05) is 18.1 Å². The topological polar surface area (TPSA) is 95.4 Å². The fourth-order valence-electron chi connectivity index (χ4n) is 6.73. The number of alkyl halides is 7. The summed E-state index contributed by atoms with van der Waals surface area (Å²) in [6, 6.07) is 5.71. The molecule has 2 aromatic carbocycles. The number of halogens is 8. The molecule has 0 radical (unpaired) electrons. The predicted molar refractivity (Wildman–Crippen MR) is 143 cm³/mol. The SMILES string of the molecule is N=S1(=O)CCC(C(=O)N2CCC3(S(=O)(=O)c4cccc(Cl)c4)c4ccc(C(F)(C(F)(F)F)C(F)(F)F)cc4CCC23)CC1. The first-order valence-corrected chi connectivity index (χ1v) is 17.0. The van der Waals surface area contributed by atoms with E-state index in [2.05, 4.69) is 0 Å². The van der Waals surface area contributed by atoms with Gasteiger partial charge in [-0.2, -0.15) is 26.3 Å². The van der Waals surface area contributed by atoms with Crippen molar-refractivity contribution in [3.8, 4) is 0 Å². The van der Waals surface area contributed by atoms with Gasteiger partial charge in [0.05, 0.1) is 10.9 Å². The van der Waals surface area contributed by atoms with Gasteiger partial charge in [0.25, 0.3) is 0 Å². The predicted octanol–water partition coefficient (Wildman–Crippen LogP) is 6.30. The zero-order valence-corrected chi connectivity index (χ0v) is 24.7. The van der Waals surface area contributed by atoms with Crippen molar-refractivity contribution in [1.29, 1.82) is 4.78 Å². The minimum atomic E-state index is -6.35. The van der Waals surface area contributed by atoms with Crippen LogP contribution in [-0.4, -0.2) is 59.9 Å². The summed E-state index contributed by atoms with van der Waals surface area (Å²) < 4.78 is 143. The smallest absolute Gasteiger partial charge is 0.337 e. The van der Waals surface area contributed by atoms with E-state index in [4.69, 9.17) is 16.4 Å². The van der Waals surface area contributed by atoms with Crippen molar-refractivity contribution in [2.24, 2.45) is 5.92 Å². The summed E-state index contributed by atoms with van der Waals surface area (Å²) in [6.45, 7) is -0.0879. The number of likely N-dealkylation sites (tertiary alicyclic amines) is 1. The second-order valence-electron chi connectivity index (χ2n) is 11.2. The molecule has 0 spiro atoms. The molecule has 236 valence electrons. The Labute approximate surface area is 248 Å². The Morgan fingerprint density at radius 3 is 2.19 bits per heavy atom. The van der Waals surface area contributed by atoms with Gasteiger partial charge in [0, 0.05) is 44.3 Å². The Kier molecular flexibility index (Phi) is 7.69. The fraction of sp³-hybridized carbons (Fsp3) is 0.519. The number of nitrogens with one attached hydrogen (secondary N) is 1. The number of hydrogen-bond acceptors (Lipinski definition) is 5. The van der Waals surface area contributed by atoms with Gasteiger partial charge in [-0.25, -0.2) is 17.0 Å². The van der Waals surface area contributed by atoms with E-state index in [1.807, 2.05) is 0 Å². The molecule has 2 saturated heterocycles. The second-order valence-corrected chi connectivity index (χ2v) is 16.3. The van der Waals surface area contributed by atoms with E-state index in [0.717, 1.165) is 6.07 Å². The molecule has 0 saturated carbocycles. The van der Waals surface area contributed by atoms with Crippen LogP contribution in [0.15, 0.2) is 47.4 Å². The lowest BCUT2D eigenvalue weighted by atomic mass is 9.76. The van der Waals surface area contributed by atoms with E-state index >= 15 is 0 Å². The van der Waals surface area contributed by atoms with Crippen LogP contribution in [0, 0.1) is 10.7 Å². The standard InChI is InChI=1S/C27H26ClF7N2O4S2/c28-19-2-1-3-20(15-19)43(40,41)24-10-11-37(23(38)16-8-12-42(36,39)13-9-16)22(24)7-4-17-14-18(5-6-21(17)24)25(29,26(30,31)32)27(33,34)35/h1-3,5-6,14-16,22,36H,4,7-13H2. The van der Waals surface area contributed by atoms with Crippen LogP contribution in [0.5, 0.6) is 0 Å². The van der Waals surface area contributed by atoms with Crippen LogP contribution in [0.3, 0.4) is 0 Å². The van der Waals surface area contributed by atoms with E-state index in [1.54, 1.807) is 0 Å². The van der Waals surface area contributed by atoms with Crippen molar-refractivity contribution >= 4 is 37.1 Å². The molecule has 1 aliphatic carbocycles. The number of hydrogen-bond donors (Lipinski definition) is 1. The lowest BCUT2D eigenvalue weighted by molar-refractivity contribution is -0.348. The summed E-state index contributed by atoms with van der Waals surface area (Å²) in [7, 11) is -7.33. The lowest BCUT2D eigenvalue weighted by Gasteiger charge is -2.43. The van der Waals surface area contributed by atoms with Gasteiger partial charge in [-0.1, -0.05) is 35.9 Å². The maximum Gasteiger partial charge on any atom is 0.435 e. The van der Waals surface area contributed by atoms with Crippen LogP contribution in [0.25, 0.3) is 0 Å². The maximum absolute atomic E-state index is 15.0. The molecular weight excluding hydrogens is 649 g/mol. The molecule has 1 amide bonds. The van der Waals surface area contributed by atoms with Crippen molar-refractivity contribution in [1.82, 2.24) is 4.90 Å². The molecule has 5 rings (SSSR count). The van der Waals surface area contributed by atoms with Crippen LogP contribution < -0.4 is 0 Å². The second kappa shape index (κ2) is 10.3. The minimum Gasteiger partial charge on any atom is -0.337 e. The van der Waals surface area contributed by atoms with Gasteiger partial charge in [0.2, 0.25) is 5.91 Å². The molecule has 3 aliphatic rings. The molecule has 0 aromatic heterocycles. The molecule has 2 fully saturated rings. The highest BCUT2D eigenvalue weighted by Crippen LogP contribution is 2.57. The van der Waals surface area contributed by atoms with Crippen LogP contribution in [0.2, 0.25) is 5.02 Å². The summed E-state index contributed by atoms with van der Waals surface area (Å²) in [5.74, 6) is -1.04. The van der Waals surface area contributed by atoms with E-state index in [9.17, 15) is 48.2 Å². The van der Waals surface area contributed by atoms with Crippen LogP contribution in [-0.2, 0) is 41.2 Å². The fourth-order valence-corrected chi connectivity index (χ4v) is 10.9. The van der Waals surface area contributed by atoms with Crippen molar-refractivity contribution in [2.45, 2.75) is 65.8 Å². The normalized spacial score (nSPS) is 28.3. The number of sulfone groups is 1. The first-order valence-electron chi connectivity index (χ1n) is 13.3. The van der Waals surface area contributed by atoms with Crippen molar-refractivity contribution in [3.05, 3.63) is 64.2 Å². The number of fused-ring (bicyclic) bond motifs is 3. The van der Waals surface area contributed by atoms with Crippen molar-refractivity contribution < 1.29 is 48.2 Å². The molecule has 0 bridgehead atoms. The summed E-state index contributed by atoms with van der Waals surface area (Å²) in [5.41, 5.74) is -7.71.